The van der Waals surface area contributed by atoms with Gasteiger partial charge in [-0.1, -0.05) is 0 Å². The zero-order valence-corrected chi connectivity index (χ0v) is 7.38. The average molecular weight is 203 g/mol. The molecule has 1 aromatic rings. The SMILES string of the molecule is CCOC(=[Se])c1ccco1. The zero-order valence-electron chi connectivity index (χ0n) is 5.66. The van der Waals surface area contributed by atoms with Crippen LogP contribution in [0.2, 0.25) is 0 Å². The summed E-state index contributed by atoms with van der Waals surface area (Å²) in [6.45, 7) is 2.59. The van der Waals surface area contributed by atoms with Crippen LogP contribution in [0.5, 0.6) is 0 Å². The molecule has 0 spiro atoms. The molecule has 0 bridgehead atoms. The Bertz CT molecular complexity index is 203. The van der Waals surface area contributed by atoms with Crippen LogP contribution in [0.15, 0.2) is 22.8 Å². The molecule has 0 aromatic carbocycles. The molecular formula is C7H8O2Se. The van der Waals surface area contributed by atoms with E-state index in [1.54, 1.807) is 6.26 Å². The van der Waals surface area contributed by atoms with Gasteiger partial charge in [-0.3, -0.25) is 0 Å². The average Bonchev–Trinajstić information content (AvgIpc) is 2.38. The van der Waals surface area contributed by atoms with Crippen molar-refractivity contribution in [3.8, 4) is 0 Å². The van der Waals surface area contributed by atoms with Crippen LogP contribution in [-0.2, 0) is 4.74 Å². The Hall–Kier alpha value is -0.531. The molecule has 0 unspecified atom stereocenters. The van der Waals surface area contributed by atoms with Crippen molar-refractivity contribution in [3.63, 3.8) is 0 Å². The molecule has 3 heteroatoms. The van der Waals surface area contributed by atoms with E-state index in [1.807, 2.05) is 19.1 Å². The van der Waals surface area contributed by atoms with Crippen LogP contribution in [-0.4, -0.2) is 26.8 Å². The first-order chi connectivity index (χ1) is 4.84. The summed E-state index contributed by atoms with van der Waals surface area (Å²) in [6, 6.07) is 3.67. The molecule has 1 rings (SSSR count). The van der Waals surface area contributed by atoms with Crippen LogP contribution in [0.1, 0.15) is 12.7 Å². The van der Waals surface area contributed by atoms with Gasteiger partial charge in [0.15, 0.2) is 0 Å². The predicted molar refractivity (Wildman–Crippen MR) is 40.2 cm³/mol. The Morgan fingerprint density at radius 1 is 1.80 bits per heavy atom. The van der Waals surface area contributed by atoms with Gasteiger partial charge in [-0.15, -0.1) is 0 Å². The van der Waals surface area contributed by atoms with Crippen molar-refractivity contribution in [1.82, 2.24) is 0 Å². The van der Waals surface area contributed by atoms with Crippen LogP contribution in [0.3, 0.4) is 0 Å². The van der Waals surface area contributed by atoms with Gasteiger partial charge in [0.1, 0.15) is 0 Å². The van der Waals surface area contributed by atoms with Crippen molar-refractivity contribution in [2.45, 2.75) is 6.92 Å². The van der Waals surface area contributed by atoms with E-state index < -0.39 is 0 Å². The van der Waals surface area contributed by atoms with E-state index in [0.717, 1.165) is 5.76 Å². The molecule has 0 saturated heterocycles. The zero-order chi connectivity index (χ0) is 7.40. The first-order valence-corrected chi connectivity index (χ1v) is 3.91. The molecule has 0 atom stereocenters. The van der Waals surface area contributed by atoms with Gasteiger partial charge in [0.05, 0.1) is 0 Å². The van der Waals surface area contributed by atoms with Gasteiger partial charge in [0.2, 0.25) is 0 Å². The molecule has 54 valence electrons. The van der Waals surface area contributed by atoms with Gasteiger partial charge in [0, 0.05) is 0 Å². The fraction of sp³-hybridized carbons (Fsp3) is 0.286. The number of ether oxygens (including phenoxy) is 1. The third-order valence-electron chi connectivity index (χ3n) is 0.998. The Morgan fingerprint density at radius 2 is 2.60 bits per heavy atom. The molecule has 0 fully saturated rings. The van der Waals surface area contributed by atoms with Crippen molar-refractivity contribution in [2.75, 3.05) is 6.61 Å². The van der Waals surface area contributed by atoms with Gasteiger partial charge in [-0.25, -0.2) is 0 Å². The van der Waals surface area contributed by atoms with E-state index in [2.05, 4.69) is 15.6 Å². The van der Waals surface area contributed by atoms with Crippen molar-refractivity contribution >= 4 is 20.2 Å². The maximum atomic E-state index is 5.15. The summed E-state index contributed by atoms with van der Waals surface area (Å²) in [7, 11) is 0. The molecule has 1 aromatic heterocycles. The molecule has 0 radical (unpaired) electrons. The van der Waals surface area contributed by atoms with E-state index in [1.165, 1.54) is 0 Å². The normalized spacial score (nSPS) is 9.30. The van der Waals surface area contributed by atoms with E-state index in [9.17, 15) is 0 Å². The summed E-state index contributed by atoms with van der Waals surface area (Å²) < 4.78 is 10.9. The fourth-order valence-electron chi connectivity index (χ4n) is 0.597. The minimum absolute atomic E-state index is 0.656. The molecule has 0 N–H and O–H groups in total. The second-order valence-electron chi connectivity index (χ2n) is 1.70. The topological polar surface area (TPSA) is 22.4 Å². The number of rotatable bonds is 3. The summed E-state index contributed by atoms with van der Waals surface area (Å²) in [4.78, 5) is 0. The summed E-state index contributed by atoms with van der Waals surface area (Å²) >= 11 is 2.78. The van der Waals surface area contributed by atoms with Gasteiger partial charge in [0.25, 0.3) is 0 Å². The van der Waals surface area contributed by atoms with Gasteiger partial charge in [-0.05, 0) is 0 Å². The Labute approximate surface area is 67.5 Å². The molecule has 0 amide bonds. The molecule has 10 heavy (non-hydrogen) atoms. The van der Waals surface area contributed by atoms with Crippen molar-refractivity contribution in [3.05, 3.63) is 24.2 Å². The van der Waals surface area contributed by atoms with Crippen LogP contribution in [0, 0.1) is 0 Å². The predicted octanol–water partition coefficient (Wildman–Crippen LogP) is 0.963. The quantitative estimate of drug-likeness (QED) is 0.683. The van der Waals surface area contributed by atoms with E-state index in [0.29, 0.717) is 11.2 Å². The van der Waals surface area contributed by atoms with Crippen molar-refractivity contribution in [2.24, 2.45) is 0 Å². The summed E-state index contributed by atoms with van der Waals surface area (Å²) in [5.41, 5.74) is 0. The molecule has 0 aliphatic carbocycles. The molecular weight excluding hydrogens is 195 g/mol. The Kier molecular flexibility index (Phi) is 2.72. The van der Waals surface area contributed by atoms with E-state index >= 15 is 0 Å². The van der Waals surface area contributed by atoms with Crippen molar-refractivity contribution in [1.29, 1.82) is 0 Å². The van der Waals surface area contributed by atoms with Crippen LogP contribution in [0.4, 0.5) is 0 Å². The monoisotopic (exact) mass is 204 g/mol. The Morgan fingerprint density at radius 3 is 3.10 bits per heavy atom. The summed E-state index contributed by atoms with van der Waals surface area (Å²) in [5, 5.41) is 0. The number of furan rings is 1. The third-order valence-corrected chi connectivity index (χ3v) is 1.67. The molecule has 0 saturated carbocycles. The minimum atomic E-state index is 0.656. The summed E-state index contributed by atoms with van der Waals surface area (Å²) in [6.07, 6.45) is 1.62. The number of hydrogen-bond donors (Lipinski definition) is 0. The van der Waals surface area contributed by atoms with Gasteiger partial charge >= 0.3 is 67.0 Å². The Balaban J connectivity index is 2.59. The molecule has 0 aliphatic heterocycles. The maximum absolute atomic E-state index is 5.15. The van der Waals surface area contributed by atoms with E-state index in [-0.39, 0.29) is 0 Å². The fourth-order valence-corrected chi connectivity index (χ4v) is 1.09. The molecule has 1 heterocycles. The second kappa shape index (κ2) is 3.59. The molecule has 0 aliphatic rings. The van der Waals surface area contributed by atoms with Crippen LogP contribution >= 0.6 is 0 Å². The standard InChI is InChI=1S/C7H8O2Se/c1-2-8-7(10)6-4-3-5-9-6/h3-5H,2H2,1H3. The van der Waals surface area contributed by atoms with Crippen molar-refractivity contribution < 1.29 is 9.15 Å². The second-order valence-corrected chi connectivity index (χ2v) is 2.48. The van der Waals surface area contributed by atoms with E-state index in [4.69, 9.17) is 9.15 Å². The summed E-state index contributed by atoms with van der Waals surface area (Å²) in [5.74, 6) is 0.752. The van der Waals surface area contributed by atoms with Crippen LogP contribution in [0.25, 0.3) is 0 Å². The first-order valence-electron chi connectivity index (χ1n) is 3.05. The van der Waals surface area contributed by atoms with Crippen LogP contribution < -0.4 is 0 Å². The van der Waals surface area contributed by atoms with Gasteiger partial charge in [-0.2, -0.15) is 0 Å². The van der Waals surface area contributed by atoms with Gasteiger partial charge < -0.3 is 0 Å². The third kappa shape index (κ3) is 1.72. The molecule has 2 nitrogen and oxygen atoms in total. The first kappa shape index (κ1) is 7.58. The number of hydrogen-bond acceptors (Lipinski definition) is 2.